The van der Waals surface area contributed by atoms with Gasteiger partial charge in [0.2, 0.25) is 0 Å². The Kier molecular flexibility index (Phi) is 3.18. The van der Waals surface area contributed by atoms with E-state index in [2.05, 4.69) is 13.8 Å². The summed E-state index contributed by atoms with van der Waals surface area (Å²) in [6.45, 7) is 6.32. The molecular weight excluding hydrogens is 316 g/mol. The van der Waals surface area contributed by atoms with Crippen molar-refractivity contribution in [1.82, 2.24) is 0 Å². The van der Waals surface area contributed by atoms with Crippen molar-refractivity contribution in [1.29, 1.82) is 0 Å². The van der Waals surface area contributed by atoms with Gasteiger partial charge in [0.15, 0.2) is 5.78 Å². The molecule has 0 amide bonds. The van der Waals surface area contributed by atoms with Crippen LogP contribution in [0.25, 0.3) is 0 Å². The highest BCUT2D eigenvalue weighted by atomic mass is 16.6. The lowest BCUT2D eigenvalue weighted by molar-refractivity contribution is -0.161. The zero-order valence-corrected chi connectivity index (χ0v) is 15.7. The minimum atomic E-state index is -0.136. The molecule has 8 atom stereocenters. The molecule has 0 aromatic heterocycles. The minimum absolute atomic E-state index is 0.0949. The van der Waals surface area contributed by atoms with E-state index in [9.17, 15) is 9.59 Å². The van der Waals surface area contributed by atoms with Crippen molar-refractivity contribution in [2.24, 2.45) is 28.6 Å². The molecule has 4 heteroatoms. The summed E-state index contributed by atoms with van der Waals surface area (Å²) in [5, 5.41) is 0. The third-order valence-electron chi connectivity index (χ3n) is 9.17. The second-order valence-electron chi connectivity index (χ2n) is 9.91. The van der Waals surface area contributed by atoms with Gasteiger partial charge in [-0.05, 0) is 62.7 Å². The number of esters is 1. The zero-order chi connectivity index (χ0) is 17.6. The van der Waals surface area contributed by atoms with E-state index in [0.29, 0.717) is 30.0 Å². The lowest BCUT2D eigenvalue weighted by Gasteiger charge is -2.59. The molecule has 8 unspecified atom stereocenters. The fourth-order valence-electron chi connectivity index (χ4n) is 7.84. The fourth-order valence-corrected chi connectivity index (χ4v) is 7.84. The number of fused-ring (bicyclic) bond motifs is 4. The van der Waals surface area contributed by atoms with Gasteiger partial charge in [-0.1, -0.05) is 13.8 Å². The third kappa shape index (κ3) is 1.87. The molecular formula is C21H30O4. The molecule has 5 rings (SSSR count). The highest BCUT2D eigenvalue weighted by Crippen LogP contribution is 2.72. The monoisotopic (exact) mass is 346 g/mol. The molecule has 4 aliphatic carbocycles. The van der Waals surface area contributed by atoms with Gasteiger partial charge in [0.25, 0.3) is 0 Å². The number of ether oxygens (including phenoxy) is 2. The molecule has 1 spiro atoms. The van der Waals surface area contributed by atoms with Crippen molar-refractivity contribution < 1.29 is 19.1 Å². The van der Waals surface area contributed by atoms with Crippen LogP contribution < -0.4 is 0 Å². The molecule has 4 nitrogen and oxygen atoms in total. The number of Topliss-reactive ketones (excluding diaryl/α,β-unsaturated/α-hetero) is 1. The van der Waals surface area contributed by atoms with Crippen molar-refractivity contribution in [3.63, 3.8) is 0 Å². The first kappa shape index (κ1) is 16.3. The number of rotatable bonds is 1. The van der Waals surface area contributed by atoms with E-state index in [-0.39, 0.29) is 34.6 Å². The molecule has 1 saturated heterocycles. The van der Waals surface area contributed by atoms with E-state index in [4.69, 9.17) is 9.47 Å². The molecule has 0 N–H and O–H groups in total. The molecule has 4 saturated carbocycles. The smallest absolute Gasteiger partial charge is 0.302 e. The topological polar surface area (TPSA) is 55.9 Å². The molecule has 5 aliphatic rings. The summed E-state index contributed by atoms with van der Waals surface area (Å²) < 4.78 is 11.9. The Morgan fingerprint density at radius 1 is 1.08 bits per heavy atom. The molecule has 0 aromatic carbocycles. The summed E-state index contributed by atoms with van der Waals surface area (Å²) in [5.74, 6) is 2.22. The Hall–Kier alpha value is -0.900. The third-order valence-corrected chi connectivity index (χ3v) is 9.17. The molecule has 1 heterocycles. The number of hydrogen-bond donors (Lipinski definition) is 0. The average Bonchev–Trinajstić information content (AvgIpc) is 3.22. The number of ketones is 1. The molecule has 0 aromatic rings. The second-order valence-corrected chi connectivity index (χ2v) is 9.91. The number of carbonyl (C=O) groups is 2. The first-order chi connectivity index (χ1) is 11.8. The van der Waals surface area contributed by atoms with Crippen molar-refractivity contribution >= 4 is 11.8 Å². The first-order valence-electron chi connectivity index (χ1n) is 10.2. The van der Waals surface area contributed by atoms with Gasteiger partial charge in [0, 0.05) is 24.2 Å². The number of epoxide rings is 1. The highest BCUT2D eigenvalue weighted by molar-refractivity contribution is 5.88. The SMILES string of the molecule is CC(=O)OC1CCC2C3CCC45OC4C(=O)CCC5(C)C3CCC12C. The Bertz CT molecular complexity index is 644. The van der Waals surface area contributed by atoms with Crippen LogP contribution in [0.4, 0.5) is 0 Å². The van der Waals surface area contributed by atoms with E-state index in [1.54, 1.807) is 0 Å². The Morgan fingerprint density at radius 2 is 1.88 bits per heavy atom. The Balaban J connectivity index is 1.44. The lowest BCUT2D eigenvalue weighted by atomic mass is 9.45. The van der Waals surface area contributed by atoms with Crippen LogP contribution >= 0.6 is 0 Å². The van der Waals surface area contributed by atoms with Crippen molar-refractivity contribution in [2.45, 2.75) is 89.9 Å². The maximum atomic E-state index is 12.2. The highest BCUT2D eigenvalue weighted by Gasteiger charge is 2.76. The van der Waals surface area contributed by atoms with Gasteiger partial charge in [0.1, 0.15) is 17.8 Å². The average molecular weight is 346 g/mol. The van der Waals surface area contributed by atoms with Gasteiger partial charge in [0.05, 0.1) is 0 Å². The van der Waals surface area contributed by atoms with Gasteiger partial charge >= 0.3 is 5.97 Å². The van der Waals surface area contributed by atoms with Crippen LogP contribution in [-0.2, 0) is 19.1 Å². The Labute approximate surface area is 150 Å². The summed E-state index contributed by atoms with van der Waals surface area (Å²) in [4.78, 5) is 23.7. The van der Waals surface area contributed by atoms with E-state index >= 15 is 0 Å². The second kappa shape index (κ2) is 4.88. The standard InChI is InChI=1S/C21H30O4/c1-12(22)24-17-5-4-14-13-6-11-21-18(25-21)16(23)8-10-20(21,3)15(13)7-9-19(14,17)2/h13-15,17-18H,4-11H2,1-3H3. The van der Waals surface area contributed by atoms with Gasteiger partial charge in [-0.15, -0.1) is 0 Å². The van der Waals surface area contributed by atoms with Crippen LogP contribution in [-0.4, -0.2) is 29.6 Å². The van der Waals surface area contributed by atoms with Crippen LogP contribution in [0, 0.1) is 28.6 Å². The molecule has 1 aliphatic heterocycles. The maximum Gasteiger partial charge on any atom is 0.302 e. The van der Waals surface area contributed by atoms with Crippen molar-refractivity contribution in [2.75, 3.05) is 0 Å². The quantitative estimate of drug-likeness (QED) is 0.537. The van der Waals surface area contributed by atoms with Crippen LogP contribution in [0.5, 0.6) is 0 Å². The molecule has 25 heavy (non-hydrogen) atoms. The van der Waals surface area contributed by atoms with E-state index in [1.807, 2.05) is 0 Å². The normalized spacial score (nSPS) is 56.3. The Morgan fingerprint density at radius 3 is 2.64 bits per heavy atom. The van der Waals surface area contributed by atoms with Crippen LogP contribution in [0.3, 0.4) is 0 Å². The fraction of sp³-hybridized carbons (Fsp3) is 0.905. The predicted octanol–water partition coefficient (Wildman–Crippen LogP) is 3.66. The largest absolute Gasteiger partial charge is 0.462 e. The van der Waals surface area contributed by atoms with Crippen LogP contribution in [0.1, 0.15) is 72.1 Å². The van der Waals surface area contributed by atoms with Crippen molar-refractivity contribution in [3.8, 4) is 0 Å². The molecule has 5 fully saturated rings. The lowest BCUT2D eigenvalue weighted by Crippen LogP contribution is -2.58. The maximum absolute atomic E-state index is 12.2. The number of carbonyl (C=O) groups excluding carboxylic acids is 2. The summed E-state index contributed by atoms with van der Waals surface area (Å²) in [6.07, 6.45) is 8.45. The summed E-state index contributed by atoms with van der Waals surface area (Å²) in [5.41, 5.74) is 0.169. The minimum Gasteiger partial charge on any atom is -0.462 e. The van der Waals surface area contributed by atoms with E-state index in [1.165, 1.54) is 26.2 Å². The van der Waals surface area contributed by atoms with E-state index < -0.39 is 0 Å². The number of hydrogen-bond acceptors (Lipinski definition) is 4. The van der Waals surface area contributed by atoms with Gasteiger partial charge < -0.3 is 9.47 Å². The summed E-state index contributed by atoms with van der Waals surface area (Å²) in [6, 6.07) is 0. The predicted molar refractivity (Wildman–Crippen MR) is 91.8 cm³/mol. The molecule has 0 bridgehead atoms. The zero-order valence-electron chi connectivity index (χ0n) is 15.7. The van der Waals surface area contributed by atoms with Gasteiger partial charge in [-0.3, -0.25) is 9.59 Å². The van der Waals surface area contributed by atoms with Crippen LogP contribution in [0.15, 0.2) is 0 Å². The van der Waals surface area contributed by atoms with E-state index in [0.717, 1.165) is 25.7 Å². The summed E-state index contributed by atoms with van der Waals surface area (Å²) in [7, 11) is 0. The van der Waals surface area contributed by atoms with Crippen molar-refractivity contribution in [3.05, 3.63) is 0 Å². The van der Waals surface area contributed by atoms with Crippen LogP contribution in [0.2, 0.25) is 0 Å². The molecule has 0 radical (unpaired) electrons. The van der Waals surface area contributed by atoms with Gasteiger partial charge in [-0.2, -0.15) is 0 Å². The van der Waals surface area contributed by atoms with Gasteiger partial charge in [-0.25, -0.2) is 0 Å². The first-order valence-corrected chi connectivity index (χ1v) is 10.2. The molecule has 138 valence electrons. The summed E-state index contributed by atoms with van der Waals surface area (Å²) >= 11 is 0.